The fourth-order valence-electron chi connectivity index (χ4n) is 2.33. The van der Waals surface area contributed by atoms with Crippen molar-refractivity contribution < 1.29 is 14.3 Å². The first-order chi connectivity index (χ1) is 9.60. The highest BCUT2D eigenvalue weighted by atomic mass is 16.5. The van der Waals surface area contributed by atoms with Crippen LogP contribution in [0.3, 0.4) is 0 Å². The van der Waals surface area contributed by atoms with Crippen molar-refractivity contribution in [2.75, 3.05) is 26.7 Å². The summed E-state index contributed by atoms with van der Waals surface area (Å²) in [6, 6.07) is 0. The van der Waals surface area contributed by atoms with Gasteiger partial charge in [0.1, 0.15) is 0 Å². The lowest BCUT2D eigenvalue weighted by Gasteiger charge is -2.31. The van der Waals surface area contributed by atoms with Gasteiger partial charge >= 0.3 is 5.97 Å². The molecule has 0 bridgehead atoms. The zero-order valence-electron chi connectivity index (χ0n) is 14.4. The number of carbonyl (C=O) groups is 2. The standard InChI is InChI=1S/C16H32N2O3/c1-12(2)11-18(8-7-14(19)21-6)15(20)13(10-17)9-16(3,4)5/h12-13H,7-11,17H2,1-6H3. The Labute approximate surface area is 129 Å². The number of rotatable bonds is 8. The SMILES string of the molecule is COC(=O)CCN(CC(C)C)C(=O)C(CN)CC(C)(C)C. The summed E-state index contributed by atoms with van der Waals surface area (Å²) in [6.07, 6.45) is 0.969. The summed E-state index contributed by atoms with van der Waals surface area (Å²) in [5, 5.41) is 0. The molecule has 0 rings (SSSR count). The average Bonchev–Trinajstić information content (AvgIpc) is 2.38. The van der Waals surface area contributed by atoms with E-state index >= 15 is 0 Å². The lowest BCUT2D eigenvalue weighted by atomic mass is 9.84. The number of amides is 1. The van der Waals surface area contributed by atoms with Crippen LogP contribution >= 0.6 is 0 Å². The van der Waals surface area contributed by atoms with Crippen LogP contribution in [-0.4, -0.2) is 43.5 Å². The van der Waals surface area contributed by atoms with Crippen molar-refractivity contribution in [2.45, 2.75) is 47.5 Å². The Bertz CT molecular complexity index is 335. The highest BCUT2D eigenvalue weighted by Crippen LogP contribution is 2.25. The molecule has 0 heterocycles. The molecule has 0 fully saturated rings. The molecule has 2 N–H and O–H groups in total. The molecule has 0 aliphatic rings. The number of ether oxygens (including phenoxy) is 1. The van der Waals surface area contributed by atoms with Gasteiger partial charge in [0.25, 0.3) is 0 Å². The number of nitrogens with two attached hydrogens (primary N) is 1. The van der Waals surface area contributed by atoms with Crippen LogP contribution in [0.15, 0.2) is 0 Å². The minimum atomic E-state index is -0.295. The molecule has 21 heavy (non-hydrogen) atoms. The van der Waals surface area contributed by atoms with E-state index < -0.39 is 0 Å². The van der Waals surface area contributed by atoms with E-state index in [-0.39, 0.29) is 29.6 Å². The van der Waals surface area contributed by atoms with Gasteiger partial charge in [0.15, 0.2) is 0 Å². The van der Waals surface area contributed by atoms with E-state index in [1.54, 1.807) is 4.90 Å². The quantitative estimate of drug-likeness (QED) is 0.696. The summed E-state index contributed by atoms with van der Waals surface area (Å²) in [5.74, 6) is -0.0947. The van der Waals surface area contributed by atoms with Crippen LogP contribution in [0.25, 0.3) is 0 Å². The lowest BCUT2D eigenvalue weighted by molar-refractivity contribution is -0.142. The molecule has 0 spiro atoms. The second-order valence-corrected chi connectivity index (χ2v) is 7.20. The highest BCUT2D eigenvalue weighted by molar-refractivity contribution is 5.80. The molecule has 0 radical (unpaired) electrons. The van der Waals surface area contributed by atoms with E-state index in [0.29, 0.717) is 25.6 Å². The zero-order valence-corrected chi connectivity index (χ0v) is 14.4. The normalized spacial score (nSPS) is 13.1. The van der Waals surface area contributed by atoms with Gasteiger partial charge in [-0.1, -0.05) is 34.6 Å². The van der Waals surface area contributed by atoms with Crippen molar-refractivity contribution in [2.24, 2.45) is 23.0 Å². The van der Waals surface area contributed by atoms with Crippen LogP contribution in [0, 0.1) is 17.3 Å². The van der Waals surface area contributed by atoms with Crippen LogP contribution in [-0.2, 0) is 14.3 Å². The Hall–Kier alpha value is -1.10. The van der Waals surface area contributed by atoms with Gasteiger partial charge in [-0.15, -0.1) is 0 Å². The molecule has 1 unspecified atom stereocenters. The number of hydrogen-bond donors (Lipinski definition) is 1. The molecule has 0 aromatic carbocycles. The molecular formula is C16H32N2O3. The number of nitrogens with zero attached hydrogens (tertiary/aromatic N) is 1. The fourth-order valence-corrected chi connectivity index (χ4v) is 2.33. The Balaban J connectivity index is 4.85. The Kier molecular flexibility index (Phi) is 8.55. The third kappa shape index (κ3) is 8.71. The van der Waals surface area contributed by atoms with Crippen LogP contribution < -0.4 is 5.73 Å². The molecule has 1 atom stereocenters. The Morgan fingerprint density at radius 1 is 1.24 bits per heavy atom. The van der Waals surface area contributed by atoms with E-state index in [1.807, 2.05) is 0 Å². The van der Waals surface area contributed by atoms with Gasteiger partial charge in [-0.2, -0.15) is 0 Å². The maximum Gasteiger partial charge on any atom is 0.307 e. The predicted octanol–water partition coefficient (Wildman–Crippen LogP) is 2.05. The second-order valence-electron chi connectivity index (χ2n) is 7.20. The maximum absolute atomic E-state index is 12.7. The molecule has 0 aliphatic heterocycles. The first-order valence-electron chi connectivity index (χ1n) is 7.66. The van der Waals surface area contributed by atoms with Gasteiger partial charge in [0, 0.05) is 19.6 Å². The Morgan fingerprint density at radius 2 is 1.81 bits per heavy atom. The number of hydrogen-bond acceptors (Lipinski definition) is 4. The van der Waals surface area contributed by atoms with Gasteiger partial charge < -0.3 is 15.4 Å². The first-order valence-corrected chi connectivity index (χ1v) is 7.66. The summed E-state index contributed by atoms with van der Waals surface area (Å²) < 4.78 is 4.65. The summed E-state index contributed by atoms with van der Waals surface area (Å²) in [4.78, 5) is 25.7. The smallest absolute Gasteiger partial charge is 0.307 e. The minimum Gasteiger partial charge on any atom is -0.469 e. The lowest BCUT2D eigenvalue weighted by Crippen LogP contribution is -2.43. The third-order valence-electron chi connectivity index (χ3n) is 3.20. The first kappa shape index (κ1) is 19.9. The number of esters is 1. The molecule has 5 nitrogen and oxygen atoms in total. The third-order valence-corrected chi connectivity index (χ3v) is 3.20. The molecule has 0 aliphatic carbocycles. The van der Waals surface area contributed by atoms with Crippen molar-refractivity contribution in [3.05, 3.63) is 0 Å². The van der Waals surface area contributed by atoms with E-state index in [0.717, 1.165) is 6.42 Å². The molecule has 0 saturated heterocycles. The molecule has 1 amide bonds. The van der Waals surface area contributed by atoms with Crippen molar-refractivity contribution in [1.82, 2.24) is 4.90 Å². The van der Waals surface area contributed by atoms with E-state index in [9.17, 15) is 9.59 Å². The molecule has 124 valence electrons. The predicted molar refractivity (Wildman–Crippen MR) is 84.7 cm³/mol. The molecule has 5 heteroatoms. The van der Waals surface area contributed by atoms with Gasteiger partial charge in [0.05, 0.1) is 19.4 Å². The zero-order chi connectivity index (χ0) is 16.6. The Morgan fingerprint density at radius 3 is 2.19 bits per heavy atom. The summed E-state index contributed by atoms with van der Waals surface area (Å²) in [5.41, 5.74) is 5.84. The van der Waals surface area contributed by atoms with Crippen molar-refractivity contribution in [3.63, 3.8) is 0 Å². The van der Waals surface area contributed by atoms with Gasteiger partial charge in [-0.25, -0.2) is 0 Å². The van der Waals surface area contributed by atoms with Crippen molar-refractivity contribution >= 4 is 11.9 Å². The van der Waals surface area contributed by atoms with Crippen LogP contribution in [0.4, 0.5) is 0 Å². The number of carbonyl (C=O) groups excluding carboxylic acids is 2. The second kappa shape index (κ2) is 9.03. The average molecular weight is 300 g/mol. The monoisotopic (exact) mass is 300 g/mol. The van der Waals surface area contributed by atoms with Crippen molar-refractivity contribution in [1.29, 1.82) is 0 Å². The minimum absolute atomic E-state index is 0.0463. The molecular weight excluding hydrogens is 268 g/mol. The highest BCUT2D eigenvalue weighted by Gasteiger charge is 2.28. The maximum atomic E-state index is 12.7. The largest absolute Gasteiger partial charge is 0.469 e. The molecule has 0 saturated carbocycles. The summed E-state index contributed by atoms with van der Waals surface area (Å²) in [6.45, 7) is 11.8. The van der Waals surface area contributed by atoms with Crippen molar-refractivity contribution in [3.8, 4) is 0 Å². The van der Waals surface area contributed by atoms with E-state index in [1.165, 1.54) is 7.11 Å². The van der Waals surface area contributed by atoms with E-state index in [2.05, 4.69) is 39.4 Å². The topological polar surface area (TPSA) is 72.6 Å². The fraction of sp³-hybridized carbons (Fsp3) is 0.875. The van der Waals surface area contributed by atoms with Gasteiger partial charge in [-0.3, -0.25) is 9.59 Å². The summed E-state index contributed by atoms with van der Waals surface area (Å²) >= 11 is 0. The van der Waals surface area contributed by atoms with Crippen LogP contribution in [0.5, 0.6) is 0 Å². The van der Waals surface area contributed by atoms with Crippen LogP contribution in [0.2, 0.25) is 0 Å². The molecule has 0 aromatic heterocycles. The van der Waals surface area contributed by atoms with E-state index in [4.69, 9.17) is 5.73 Å². The van der Waals surface area contributed by atoms with Crippen LogP contribution in [0.1, 0.15) is 47.5 Å². The molecule has 0 aromatic rings. The van der Waals surface area contributed by atoms with Gasteiger partial charge in [-0.05, 0) is 17.8 Å². The van der Waals surface area contributed by atoms with Gasteiger partial charge in [0.2, 0.25) is 5.91 Å². The summed E-state index contributed by atoms with van der Waals surface area (Å²) in [7, 11) is 1.36. The number of methoxy groups -OCH3 is 1.